The Bertz CT molecular complexity index is 650. The molecule has 1 aromatic carbocycles. The molecule has 25 heavy (non-hydrogen) atoms. The average molecular weight is 354 g/mol. The van der Waals surface area contributed by atoms with Crippen LogP contribution in [0.3, 0.4) is 0 Å². The minimum absolute atomic E-state index is 0.200. The van der Waals surface area contributed by atoms with Gasteiger partial charge in [-0.1, -0.05) is 11.2 Å². The Balaban J connectivity index is 2.05. The number of nitrogens with zero attached hydrogens (tertiary/aromatic N) is 3. The van der Waals surface area contributed by atoms with E-state index >= 15 is 0 Å². The molecule has 0 bridgehead atoms. The van der Waals surface area contributed by atoms with Crippen LogP contribution in [0.2, 0.25) is 0 Å². The van der Waals surface area contributed by atoms with Crippen molar-refractivity contribution in [1.29, 1.82) is 0 Å². The van der Waals surface area contributed by atoms with Crippen molar-refractivity contribution < 1.29 is 34.7 Å². The molecule has 1 heterocycles. The van der Waals surface area contributed by atoms with Gasteiger partial charge in [0, 0.05) is 16.7 Å². The van der Waals surface area contributed by atoms with E-state index < -0.39 is 43.2 Å². The number of aliphatic hydroxyl groups is 4. The molecule has 136 valence electrons. The maximum Gasteiger partial charge on any atom is 0.230 e. The SMILES string of the molecule is [N-]=[N+]=NCC(=O)Nc1cccc(O[C@H]2O[C@H](CO)[C@H](O)[C@H](O)[C@H]2O)c1. The van der Waals surface area contributed by atoms with Gasteiger partial charge in [-0.25, -0.2) is 0 Å². The number of hydrogen-bond acceptors (Lipinski definition) is 8. The molecular formula is C14H18N4O7. The lowest BCUT2D eigenvalue weighted by Gasteiger charge is -2.39. The number of rotatable bonds is 6. The Kier molecular flexibility index (Phi) is 6.53. The fourth-order valence-corrected chi connectivity index (χ4v) is 2.24. The van der Waals surface area contributed by atoms with Gasteiger partial charge < -0.3 is 35.2 Å². The first-order chi connectivity index (χ1) is 12.0. The number of benzene rings is 1. The van der Waals surface area contributed by atoms with Crippen molar-refractivity contribution in [3.05, 3.63) is 34.7 Å². The van der Waals surface area contributed by atoms with E-state index in [1.807, 2.05) is 0 Å². The van der Waals surface area contributed by atoms with E-state index in [-0.39, 0.29) is 12.3 Å². The highest BCUT2D eigenvalue weighted by atomic mass is 16.7. The minimum Gasteiger partial charge on any atom is -0.462 e. The van der Waals surface area contributed by atoms with Gasteiger partial charge in [0.25, 0.3) is 0 Å². The molecule has 11 heteroatoms. The van der Waals surface area contributed by atoms with Crippen molar-refractivity contribution in [1.82, 2.24) is 0 Å². The number of aliphatic hydroxyl groups excluding tert-OH is 4. The van der Waals surface area contributed by atoms with E-state index in [1.54, 1.807) is 12.1 Å². The van der Waals surface area contributed by atoms with Gasteiger partial charge >= 0.3 is 0 Å². The maximum atomic E-state index is 11.5. The standard InChI is InChI=1S/C14H18N4O7/c15-18-16-5-10(20)17-7-2-1-3-8(4-7)24-14-13(23)12(22)11(21)9(6-19)25-14/h1-4,9,11-14,19,21-23H,5-6H2,(H,17,20)/t9-,11+,12+,13-,14+/m1/s1. The molecule has 1 aliphatic rings. The second-order valence-corrected chi connectivity index (χ2v) is 5.28. The molecule has 0 spiro atoms. The second-order valence-electron chi connectivity index (χ2n) is 5.28. The van der Waals surface area contributed by atoms with Gasteiger partial charge in [0.1, 0.15) is 36.7 Å². The zero-order valence-corrected chi connectivity index (χ0v) is 13.0. The zero-order chi connectivity index (χ0) is 18.4. The summed E-state index contributed by atoms with van der Waals surface area (Å²) >= 11 is 0. The molecule has 0 aliphatic carbocycles. The Hall–Kier alpha value is -2.40. The molecule has 0 unspecified atom stereocenters. The highest BCUT2D eigenvalue weighted by Gasteiger charge is 2.44. The van der Waals surface area contributed by atoms with Gasteiger partial charge in [-0.2, -0.15) is 0 Å². The van der Waals surface area contributed by atoms with Gasteiger partial charge in [-0.15, -0.1) is 0 Å². The molecule has 0 saturated carbocycles. The number of ether oxygens (including phenoxy) is 2. The van der Waals surface area contributed by atoms with Crippen LogP contribution >= 0.6 is 0 Å². The average Bonchev–Trinajstić information content (AvgIpc) is 2.60. The summed E-state index contributed by atoms with van der Waals surface area (Å²) in [6.45, 7) is -0.936. The van der Waals surface area contributed by atoms with E-state index in [0.717, 1.165) is 0 Å². The molecular weight excluding hydrogens is 336 g/mol. The summed E-state index contributed by atoms with van der Waals surface area (Å²) in [5, 5.41) is 44.2. The van der Waals surface area contributed by atoms with Crippen LogP contribution in [0.25, 0.3) is 10.4 Å². The number of hydrogen-bond donors (Lipinski definition) is 5. The summed E-state index contributed by atoms with van der Waals surface area (Å²) < 4.78 is 10.7. The lowest BCUT2D eigenvalue weighted by Crippen LogP contribution is -2.60. The van der Waals surface area contributed by atoms with Gasteiger partial charge in [0.05, 0.1) is 6.61 Å². The lowest BCUT2D eigenvalue weighted by atomic mass is 9.99. The van der Waals surface area contributed by atoms with Crippen molar-refractivity contribution in [2.45, 2.75) is 30.7 Å². The fraction of sp³-hybridized carbons (Fsp3) is 0.500. The first-order valence-corrected chi connectivity index (χ1v) is 7.34. The number of amides is 1. The normalized spacial score (nSPS) is 28.7. The number of anilines is 1. The molecule has 0 aromatic heterocycles. The number of azide groups is 1. The molecule has 11 nitrogen and oxygen atoms in total. The van der Waals surface area contributed by atoms with Crippen LogP contribution in [-0.2, 0) is 9.53 Å². The van der Waals surface area contributed by atoms with Gasteiger partial charge in [-0.05, 0) is 17.7 Å². The Morgan fingerprint density at radius 3 is 2.76 bits per heavy atom. The predicted octanol–water partition coefficient (Wildman–Crippen LogP) is -0.886. The quantitative estimate of drug-likeness (QED) is 0.250. The van der Waals surface area contributed by atoms with E-state index in [4.69, 9.17) is 20.1 Å². The highest BCUT2D eigenvalue weighted by molar-refractivity contribution is 5.92. The van der Waals surface area contributed by atoms with Crippen molar-refractivity contribution in [3.8, 4) is 5.75 Å². The molecule has 1 fully saturated rings. The molecule has 5 atom stereocenters. The Morgan fingerprint density at radius 2 is 2.08 bits per heavy atom. The molecule has 1 saturated heterocycles. The topological polar surface area (TPSA) is 177 Å². The van der Waals surface area contributed by atoms with E-state index in [0.29, 0.717) is 5.69 Å². The Morgan fingerprint density at radius 1 is 1.32 bits per heavy atom. The van der Waals surface area contributed by atoms with Crippen LogP contribution in [0.5, 0.6) is 5.75 Å². The molecule has 1 aromatic rings. The lowest BCUT2D eigenvalue weighted by molar-refractivity contribution is -0.277. The first kappa shape index (κ1) is 18.9. The highest BCUT2D eigenvalue weighted by Crippen LogP contribution is 2.25. The van der Waals surface area contributed by atoms with Crippen molar-refractivity contribution in [3.63, 3.8) is 0 Å². The zero-order valence-electron chi connectivity index (χ0n) is 13.0. The predicted molar refractivity (Wildman–Crippen MR) is 83.5 cm³/mol. The minimum atomic E-state index is -1.55. The molecule has 5 N–H and O–H groups in total. The van der Waals surface area contributed by atoms with Crippen LogP contribution in [0.15, 0.2) is 29.4 Å². The third-order valence-corrected chi connectivity index (χ3v) is 3.50. The first-order valence-electron chi connectivity index (χ1n) is 7.34. The van der Waals surface area contributed by atoms with Gasteiger partial charge in [0.2, 0.25) is 12.2 Å². The van der Waals surface area contributed by atoms with Crippen molar-refractivity contribution in [2.24, 2.45) is 5.11 Å². The van der Waals surface area contributed by atoms with E-state index in [1.165, 1.54) is 12.1 Å². The fourth-order valence-electron chi connectivity index (χ4n) is 2.24. The summed E-state index contributed by atoms with van der Waals surface area (Å²) in [7, 11) is 0. The monoisotopic (exact) mass is 354 g/mol. The second kappa shape index (κ2) is 8.62. The van der Waals surface area contributed by atoms with Crippen LogP contribution < -0.4 is 10.1 Å². The summed E-state index contributed by atoms with van der Waals surface area (Å²) in [5.74, 6) is -0.325. The summed E-state index contributed by atoms with van der Waals surface area (Å²) in [6.07, 6.45) is -6.99. The van der Waals surface area contributed by atoms with Gasteiger partial charge in [-0.3, -0.25) is 4.79 Å². The molecule has 2 rings (SSSR count). The van der Waals surface area contributed by atoms with E-state index in [2.05, 4.69) is 15.3 Å². The molecule has 1 aliphatic heterocycles. The van der Waals surface area contributed by atoms with E-state index in [9.17, 15) is 20.1 Å². The number of nitrogens with one attached hydrogen (secondary N) is 1. The Labute approximate surface area is 142 Å². The van der Waals surface area contributed by atoms with Crippen molar-refractivity contribution >= 4 is 11.6 Å². The third kappa shape index (κ3) is 4.79. The maximum absolute atomic E-state index is 11.5. The van der Waals surface area contributed by atoms with Crippen LogP contribution in [0.4, 0.5) is 5.69 Å². The van der Waals surface area contributed by atoms with Crippen LogP contribution in [0.1, 0.15) is 0 Å². The number of carbonyl (C=O) groups excluding carboxylic acids is 1. The number of carbonyl (C=O) groups is 1. The summed E-state index contributed by atoms with van der Waals surface area (Å²) in [4.78, 5) is 14.0. The van der Waals surface area contributed by atoms with Crippen LogP contribution in [-0.4, -0.2) is 70.2 Å². The van der Waals surface area contributed by atoms with Gasteiger partial charge in [0.15, 0.2) is 0 Å². The third-order valence-electron chi connectivity index (χ3n) is 3.50. The largest absolute Gasteiger partial charge is 0.462 e. The van der Waals surface area contributed by atoms with Crippen LogP contribution in [0, 0.1) is 0 Å². The summed E-state index contributed by atoms with van der Waals surface area (Å²) in [5.41, 5.74) is 8.53. The van der Waals surface area contributed by atoms with Crippen molar-refractivity contribution in [2.75, 3.05) is 18.5 Å². The molecule has 1 amide bonds. The molecule has 0 radical (unpaired) electrons. The smallest absolute Gasteiger partial charge is 0.230 e. The summed E-state index contributed by atoms with van der Waals surface area (Å²) in [6, 6.07) is 6.07.